The van der Waals surface area contributed by atoms with Gasteiger partial charge in [-0.1, -0.05) is 6.07 Å². The number of hydrogen-bond donors (Lipinski definition) is 2. The van der Waals surface area contributed by atoms with Crippen molar-refractivity contribution in [1.82, 2.24) is 10.3 Å². The number of carbonyl (C=O) groups is 1. The van der Waals surface area contributed by atoms with Crippen LogP contribution in [0, 0.1) is 0 Å². The SMILES string of the molecule is CC1(NC(=O)c2cccc(N)n2)CC1. The number of hydrogen-bond acceptors (Lipinski definition) is 3. The normalized spacial score (nSPS) is 17.5. The van der Waals surface area contributed by atoms with Crippen LogP contribution in [0.15, 0.2) is 18.2 Å². The van der Waals surface area contributed by atoms with Crippen molar-refractivity contribution in [1.29, 1.82) is 0 Å². The van der Waals surface area contributed by atoms with Crippen LogP contribution in [0.4, 0.5) is 5.82 Å². The Labute approximate surface area is 82.5 Å². The van der Waals surface area contributed by atoms with Gasteiger partial charge in [-0.15, -0.1) is 0 Å². The molecule has 0 radical (unpaired) electrons. The molecule has 0 atom stereocenters. The van der Waals surface area contributed by atoms with Crippen LogP contribution in [0.25, 0.3) is 0 Å². The van der Waals surface area contributed by atoms with Crippen LogP contribution < -0.4 is 11.1 Å². The molecule has 2 rings (SSSR count). The van der Waals surface area contributed by atoms with Crippen molar-refractivity contribution < 1.29 is 4.79 Å². The van der Waals surface area contributed by atoms with Gasteiger partial charge < -0.3 is 11.1 Å². The Balaban J connectivity index is 2.11. The number of nitrogen functional groups attached to an aromatic ring is 1. The van der Waals surface area contributed by atoms with E-state index in [2.05, 4.69) is 10.3 Å². The fraction of sp³-hybridized carbons (Fsp3) is 0.400. The van der Waals surface area contributed by atoms with Crippen molar-refractivity contribution in [3.05, 3.63) is 23.9 Å². The maximum atomic E-state index is 11.6. The fourth-order valence-corrected chi connectivity index (χ4v) is 1.23. The molecule has 0 aliphatic heterocycles. The minimum absolute atomic E-state index is 0.0105. The van der Waals surface area contributed by atoms with Gasteiger partial charge in [0.05, 0.1) is 0 Å². The average Bonchev–Trinajstić information content (AvgIpc) is 2.83. The van der Waals surface area contributed by atoms with E-state index in [1.165, 1.54) is 0 Å². The largest absolute Gasteiger partial charge is 0.384 e. The number of aromatic nitrogens is 1. The van der Waals surface area contributed by atoms with E-state index in [1.807, 2.05) is 6.92 Å². The van der Waals surface area contributed by atoms with Gasteiger partial charge in [0.1, 0.15) is 11.5 Å². The van der Waals surface area contributed by atoms with Crippen LogP contribution in [0.5, 0.6) is 0 Å². The molecule has 0 unspecified atom stereocenters. The minimum atomic E-state index is -0.141. The first-order valence-corrected chi connectivity index (χ1v) is 4.64. The number of carbonyl (C=O) groups excluding carboxylic acids is 1. The van der Waals surface area contributed by atoms with Gasteiger partial charge in [0.15, 0.2) is 0 Å². The minimum Gasteiger partial charge on any atom is -0.384 e. The Bertz CT molecular complexity index is 371. The first kappa shape index (κ1) is 8.99. The van der Waals surface area contributed by atoms with E-state index in [9.17, 15) is 4.79 Å². The van der Waals surface area contributed by atoms with Crippen LogP contribution in [-0.4, -0.2) is 16.4 Å². The monoisotopic (exact) mass is 191 g/mol. The van der Waals surface area contributed by atoms with Crippen LogP contribution in [0.1, 0.15) is 30.3 Å². The quantitative estimate of drug-likeness (QED) is 0.731. The molecular weight excluding hydrogens is 178 g/mol. The van der Waals surface area contributed by atoms with Crippen molar-refractivity contribution >= 4 is 11.7 Å². The zero-order valence-electron chi connectivity index (χ0n) is 8.08. The molecule has 1 amide bonds. The zero-order valence-corrected chi connectivity index (χ0v) is 8.08. The maximum absolute atomic E-state index is 11.6. The molecule has 74 valence electrons. The summed E-state index contributed by atoms with van der Waals surface area (Å²) in [5.41, 5.74) is 5.86. The van der Waals surface area contributed by atoms with Gasteiger partial charge in [-0.2, -0.15) is 0 Å². The average molecular weight is 191 g/mol. The summed E-state index contributed by atoms with van der Waals surface area (Å²) in [6.45, 7) is 2.02. The first-order valence-electron chi connectivity index (χ1n) is 4.64. The van der Waals surface area contributed by atoms with E-state index in [0.29, 0.717) is 11.5 Å². The molecule has 4 heteroatoms. The van der Waals surface area contributed by atoms with E-state index in [0.717, 1.165) is 12.8 Å². The van der Waals surface area contributed by atoms with Crippen LogP contribution in [-0.2, 0) is 0 Å². The summed E-state index contributed by atoms with van der Waals surface area (Å²) in [5, 5.41) is 2.92. The molecule has 1 heterocycles. The molecular formula is C10H13N3O. The second kappa shape index (κ2) is 2.97. The van der Waals surface area contributed by atoms with E-state index >= 15 is 0 Å². The highest BCUT2D eigenvalue weighted by Gasteiger charge is 2.38. The molecule has 1 aromatic rings. The molecule has 1 fully saturated rings. The molecule has 14 heavy (non-hydrogen) atoms. The molecule has 1 aliphatic carbocycles. The van der Waals surface area contributed by atoms with Crippen molar-refractivity contribution in [2.45, 2.75) is 25.3 Å². The van der Waals surface area contributed by atoms with Crippen molar-refractivity contribution in [2.75, 3.05) is 5.73 Å². The molecule has 0 aromatic carbocycles. The van der Waals surface area contributed by atoms with Gasteiger partial charge in [-0.3, -0.25) is 4.79 Å². The standard InChI is InChI=1S/C10H13N3O/c1-10(5-6-10)13-9(14)7-3-2-4-8(11)12-7/h2-4H,5-6H2,1H3,(H2,11,12)(H,13,14). The number of rotatable bonds is 2. The number of nitrogens with one attached hydrogen (secondary N) is 1. The van der Waals surface area contributed by atoms with E-state index in [1.54, 1.807) is 18.2 Å². The lowest BCUT2D eigenvalue weighted by atomic mass is 10.2. The van der Waals surface area contributed by atoms with Crippen molar-refractivity contribution in [3.8, 4) is 0 Å². The lowest BCUT2D eigenvalue weighted by molar-refractivity contribution is 0.0930. The molecule has 1 aliphatic rings. The van der Waals surface area contributed by atoms with Crippen molar-refractivity contribution in [2.24, 2.45) is 0 Å². The number of amides is 1. The summed E-state index contributed by atoms with van der Waals surface area (Å²) in [7, 11) is 0. The summed E-state index contributed by atoms with van der Waals surface area (Å²) in [6, 6.07) is 5.06. The van der Waals surface area contributed by atoms with Crippen LogP contribution >= 0.6 is 0 Å². The van der Waals surface area contributed by atoms with Crippen LogP contribution in [0.2, 0.25) is 0 Å². The number of pyridine rings is 1. The number of anilines is 1. The first-order chi connectivity index (χ1) is 6.59. The maximum Gasteiger partial charge on any atom is 0.270 e. The van der Waals surface area contributed by atoms with E-state index in [-0.39, 0.29) is 11.4 Å². The third-order valence-corrected chi connectivity index (χ3v) is 2.42. The summed E-state index contributed by atoms with van der Waals surface area (Å²) in [5.74, 6) is 0.232. The Morgan fingerprint density at radius 2 is 2.29 bits per heavy atom. The second-order valence-corrected chi connectivity index (χ2v) is 3.96. The van der Waals surface area contributed by atoms with Gasteiger partial charge in [0.2, 0.25) is 0 Å². The van der Waals surface area contributed by atoms with Gasteiger partial charge in [0, 0.05) is 5.54 Å². The third-order valence-electron chi connectivity index (χ3n) is 2.42. The Hall–Kier alpha value is -1.58. The number of nitrogens with two attached hydrogens (primary N) is 1. The fourth-order valence-electron chi connectivity index (χ4n) is 1.23. The molecule has 0 saturated heterocycles. The number of nitrogens with zero attached hydrogens (tertiary/aromatic N) is 1. The summed E-state index contributed by atoms with van der Waals surface area (Å²) in [6.07, 6.45) is 2.09. The van der Waals surface area contributed by atoms with Crippen LogP contribution in [0.3, 0.4) is 0 Å². The highest BCUT2D eigenvalue weighted by molar-refractivity contribution is 5.93. The smallest absolute Gasteiger partial charge is 0.270 e. The highest BCUT2D eigenvalue weighted by Crippen LogP contribution is 2.34. The Kier molecular flexibility index (Phi) is 1.91. The Morgan fingerprint density at radius 1 is 1.57 bits per heavy atom. The van der Waals surface area contributed by atoms with Crippen molar-refractivity contribution in [3.63, 3.8) is 0 Å². The predicted octanol–water partition coefficient (Wildman–Crippen LogP) is 0.946. The summed E-state index contributed by atoms with van der Waals surface area (Å²) >= 11 is 0. The molecule has 0 bridgehead atoms. The topological polar surface area (TPSA) is 68.0 Å². The van der Waals surface area contributed by atoms with Gasteiger partial charge >= 0.3 is 0 Å². The lowest BCUT2D eigenvalue weighted by Crippen LogP contribution is -2.34. The second-order valence-electron chi connectivity index (χ2n) is 3.96. The molecule has 1 aromatic heterocycles. The van der Waals surface area contributed by atoms with Gasteiger partial charge in [-0.25, -0.2) is 4.98 Å². The zero-order chi connectivity index (χ0) is 10.2. The van der Waals surface area contributed by atoms with Gasteiger partial charge in [0.25, 0.3) is 5.91 Å². The Morgan fingerprint density at radius 3 is 2.86 bits per heavy atom. The predicted molar refractivity (Wildman–Crippen MR) is 53.8 cm³/mol. The molecule has 0 spiro atoms. The van der Waals surface area contributed by atoms with Gasteiger partial charge in [-0.05, 0) is 31.9 Å². The highest BCUT2D eigenvalue weighted by atomic mass is 16.2. The third kappa shape index (κ3) is 1.84. The van der Waals surface area contributed by atoms with E-state index < -0.39 is 0 Å². The summed E-state index contributed by atoms with van der Waals surface area (Å²) < 4.78 is 0. The van der Waals surface area contributed by atoms with E-state index in [4.69, 9.17) is 5.73 Å². The lowest BCUT2D eigenvalue weighted by Gasteiger charge is -2.10. The molecule has 1 saturated carbocycles. The molecule has 4 nitrogen and oxygen atoms in total. The summed E-state index contributed by atoms with van der Waals surface area (Å²) in [4.78, 5) is 15.6. The molecule has 3 N–H and O–H groups in total.